The number of imidazole rings is 1. The molecule has 29 heavy (non-hydrogen) atoms. The van der Waals surface area contributed by atoms with Gasteiger partial charge in [0.25, 0.3) is 0 Å². The third-order valence-electron chi connectivity index (χ3n) is 4.78. The largest absolute Gasteiger partial charge is 0.504 e. The molecule has 1 aliphatic heterocycles. The molecule has 0 amide bonds. The molecule has 154 valence electrons. The van der Waals surface area contributed by atoms with Gasteiger partial charge in [-0.3, -0.25) is 4.57 Å². The van der Waals surface area contributed by atoms with E-state index in [0.717, 1.165) is 0 Å². The first-order valence-corrected chi connectivity index (χ1v) is 9.03. The van der Waals surface area contributed by atoms with Crippen molar-refractivity contribution in [2.75, 3.05) is 11.9 Å². The summed E-state index contributed by atoms with van der Waals surface area (Å²) in [4.78, 5) is 12.5. The average molecular weight is 424 g/mol. The van der Waals surface area contributed by atoms with Crippen molar-refractivity contribution in [2.45, 2.75) is 31.1 Å². The Morgan fingerprint density at radius 1 is 1.10 bits per heavy atom. The molecule has 0 unspecified atom stereocenters. The van der Waals surface area contributed by atoms with E-state index in [1.165, 1.54) is 23.3 Å². The van der Waals surface area contributed by atoms with E-state index in [-0.39, 0.29) is 17.3 Å². The number of aliphatic hydroxyl groups excluding tert-OH is 3. The van der Waals surface area contributed by atoms with Crippen LogP contribution >= 0.6 is 11.6 Å². The number of halogens is 1. The van der Waals surface area contributed by atoms with Crippen LogP contribution in [0.3, 0.4) is 0 Å². The average Bonchev–Trinajstić information content (AvgIpc) is 3.27. The van der Waals surface area contributed by atoms with Gasteiger partial charge in [-0.2, -0.15) is 0 Å². The molecule has 1 fully saturated rings. The first kappa shape index (κ1) is 19.6. The van der Waals surface area contributed by atoms with Crippen LogP contribution in [0.5, 0.6) is 11.5 Å². The van der Waals surface area contributed by atoms with Crippen molar-refractivity contribution in [3.8, 4) is 11.5 Å². The molecule has 0 radical (unpaired) electrons. The van der Waals surface area contributed by atoms with Crippen LogP contribution in [0.2, 0.25) is 5.02 Å². The maximum absolute atomic E-state index is 10.2. The maximum atomic E-state index is 10.2. The first-order chi connectivity index (χ1) is 13.9. The fraction of sp³-hybridized carbons (Fsp3) is 0.353. The van der Waals surface area contributed by atoms with Gasteiger partial charge in [-0.25, -0.2) is 15.0 Å². The SMILES string of the molecule is OC[C@H]1O[C@@H](n2cnc3c(NCc4ccc(Cl)c(O)c4O)ncnc32)[C@H](O)[C@@H]1O. The zero-order chi connectivity index (χ0) is 20.7. The molecule has 3 aromatic rings. The van der Waals surface area contributed by atoms with Crippen LogP contribution in [0.4, 0.5) is 5.82 Å². The van der Waals surface area contributed by atoms with Crippen molar-refractivity contribution in [1.29, 1.82) is 0 Å². The van der Waals surface area contributed by atoms with Crippen molar-refractivity contribution >= 4 is 28.6 Å². The molecule has 2 aromatic heterocycles. The third-order valence-corrected chi connectivity index (χ3v) is 5.09. The summed E-state index contributed by atoms with van der Waals surface area (Å²) in [5.74, 6) is -0.408. The van der Waals surface area contributed by atoms with Gasteiger partial charge in [0.2, 0.25) is 0 Å². The molecule has 1 aromatic carbocycles. The summed E-state index contributed by atoms with van der Waals surface area (Å²) >= 11 is 5.76. The standard InChI is InChI=1S/C17H18ClN5O6/c18-8-2-1-7(11(25)12(8)26)3-19-15-10-16(21-5-20-15)23(6-22-10)17-14(28)13(27)9(4-24)29-17/h1-2,5-6,9,13-14,17,24-28H,3-4H2,(H,19,20,21)/t9-,13-,14-,17-/m1/s1. The number of fused-ring (bicyclic) bond motifs is 1. The van der Waals surface area contributed by atoms with Gasteiger partial charge in [-0.1, -0.05) is 17.7 Å². The van der Waals surface area contributed by atoms with Crippen molar-refractivity contribution in [3.63, 3.8) is 0 Å². The second kappa shape index (κ2) is 7.61. The fourth-order valence-corrected chi connectivity index (χ4v) is 3.35. The van der Waals surface area contributed by atoms with E-state index in [9.17, 15) is 25.5 Å². The molecule has 0 aliphatic carbocycles. The lowest BCUT2D eigenvalue weighted by Crippen LogP contribution is -2.33. The molecule has 0 saturated carbocycles. The van der Waals surface area contributed by atoms with E-state index in [1.807, 2.05) is 0 Å². The highest BCUT2D eigenvalue weighted by molar-refractivity contribution is 6.32. The van der Waals surface area contributed by atoms with Crippen LogP contribution < -0.4 is 5.32 Å². The van der Waals surface area contributed by atoms with Gasteiger partial charge in [-0.15, -0.1) is 0 Å². The second-order valence-electron chi connectivity index (χ2n) is 6.53. The second-order valence-corrected chi connectivity index (χ2v) is 6.94. The molecule has 4 atom stereocenters. The number of rotatable bonds is 5. The lowest BCUT2D eigenvalue weighted by Gasteiger charge is -2.16. The number of nitrogens with zero attached hydrogens (tertiary/aromatic N) is 4. The zero-order valence-corrected chi connectivity index (χ0v) is 15.6. The Balaban J connectivity index is 1.61. The van der Waals surface area contributed by atoms with E-state index in [0.29, 0.717) is 22.5 Å². The van der Waals surface area contributed by atoms with Gasteiger partial charge >= 0.3 is 0 Å². The highest BCUT2D eigenvalue weighted by atomic mass is 35.5. The van der Waals surface area contributed by atoms with Gasteiger partial charge in [0, 0.05) is 12.1 Å². The third kappa shape index (κ3) is 3.32. The number of phenolic OH excluding ortho intramolecular Hbond substituents is 2. The van der Waals surface area contributed by atoms with Crippen molar-refractivity contribution < 1.29 is 30.3 Å². The summed E-state index contributed by atoms with van der Waals surface area (Å²) in [6, 6.07) is 3.01. The predicted octanol–water partition coefficient (Wildman–Crippen LogP) is 0.114. The van der Waals surface area contributed by atoms with E-state index in [2.05, 4.69) is 20.3 Å². The monoisotopic (exact) mass is 423 g/mol. The molecular formula is C17H18ClN5O6. The van der Waals surface area contributed by atoms with Gasteiger partial charge in [-0.05, 0) is 6.07 Å². The van der Waals surface area contributed by atoms with Crippen LogP contribution in [0.15, 0.2) is 24.8 Å². The van der Waals surface area contributed by atoms with Crippen molar-refractivity contribution in [3.05, 3.63) is 35.4 Å². The van der Waals surface area contributed by atoms with E-state index >= 15 is 0 Å². The molecule has 4 rings (SSSR count). The number of benzene rings is 1. The predicted molar refractivity (Wildman–Crippen MR) is 100 cm³/mol. The highest BCUT2D eigenvalue weighted by Gasteiger charge is 2.44. The molecule has 1 aliphatic rings. The Morgan fingerprint density at radius 3 is 2.62 bits per heavy atom. The quantitative estimate of drug-likeness (QED) is 0.310. The Morgan fingerprint density at radius 2 is 1.90 bits per heavy atom. The zero-order valence-electron chi connectivity index (χ0n) is 14.8. The number of anilines is 1. The van der Waals surface area contributed by atoms with E-state index in [4.69, 9.17) is 16.3 Å². The minimum atomic E-state index is -1.27. The summed E-state index contributed by atoms with van der Waals surface area (Å²) in [6.45, 7) is -0.329. The number of nitrogens with one attached hydrogen (secondary N) is 1. The Labute approximate surface area is 168 Å². The summed E-state index contributed by atoms with van der Waals surface area (Å²) in [5, 5.41) is 52.2. The normalized spacial score (nSPS) is 24.3. The van der Waals surface area contributed by atoms with Crippen LogP contribution in [0, 0.1) is 0 Å². The van der Waals surface area contributed by atoms with Crippen LogP contribution in [0.1, 0.15) is 11.8 Å². The van der Waals surface area contributed by atoms with Crippen LogP contribution in [0.25, 0.3) is 11.2 Å². The maximum Gasteiger partial charge on any atom is 0.176 e. The van der Waals surface area contributed by atoms with E-state index < -0.39 is 36.9 Å². The molecule has 1 saturated heterocycles. The molecule has 6 N–H and O–H groups in total. The number of hydrogen-bond acceptors (Lipinski definition) is 10. The van der Waals surface area contributed by atoms with Crippen LogP contribution in [-0.4, -0.2) is 70.0 Å². The van der Waals surface area contributed by atoms with Gasteiger partial charge < -0.3 is 35.6 Å². The highest BCUT2D eigenvalue weighted by Crippen LogP contribution is 2.36. The number of aromatic nitrogens is 4. The summed E-state index contributed by atoms with van der Waals surface area (Å²) in [5.41, 5.74) is 1.09. The molecular weight excluding hydrogens is 406 g/mol. The smallest absolute Gasteiger partial charge is 0.176 e. The molecule has 12 heteroatoms. The van der Waals surface area contributed by atoms with Gasteiger partial charge in [0.1, 0.15) is 24.6 Å². The minimum Gasteiger partial charge on any atom is -0.504 e. The number of aliphatic hydroxyl groups is 3. The molecule has 3 heterocycles. The van der Waals surface area contributed by atoms with Crippen molar-refractivity contribution in [1.82, 2.24) is 19.5 Å². The molecule has 0 bridgehead atoms. The van der Waals surface area contributed by atoms with Gasteiger partial charge in [0.05, 0.1) is 18.0 Å². The van der Waals surface area contributed by atoms with Crippen molar-refractivity contribution in [2.24, 2.45) is 0 Å². The summed E-state index contributed by atoms with van der Waals surface area (Å²) in [6.07, 6.45) is -1.76. The Kier molecular flexibility index (Phi) is 5.15. The lowest BCUT2D eigenvalue weighted by atomic mass is 10.1. The lowest BCUT2D eigenvalue weighted by molar-refractivity contribution is -0.0511. The summed E-state index contributed by atoms with van der Waals surface area (Å²) < 4.78 is 6.96. The van der Waals surface area contributed by atoms with E-state index in [1.54, 1.807) is 6.07 Å². The summed E-state index contributed by atoms with van der Waals surface area (Å²) in [7, 11) is 0. The van der Waals surface area contributed by atoms with Gasteiger partial charge in [0.15, 0.2) is 34.7 Å². The number of hydrogen-bond donors (Lipinski definition) is 6. The molecule has 0 spiro atoms. The topological polar surface area (TPSA) is 166 Å². The Hall–Kier alpha value is -2.70. The fourth-order valence-electron chi connectivity index (χ4n) is 3.20. The number of phenols is 2. The van der Waals surface area contributed by atoms with Crippen LogP contribution in [-0.2, 0) is 11.3 Å². The first-order valence-electron chi connectivity index (χ1n) is 8.65. The minimum absolute atomic E-state index is 0.0351. The Bertz CT molecular complexity index is 1050. The molecule has 11 nitrogen and oxygen atoms in total. The number of ether oxygens (including phenoxy) is 1. The number of aromatic hydroxyl groups is 2.